The SMILES string of the molecule is COP1(=O)CCC(COCc2ccccc2)O1. The third kappa shape index (κ3) is 3.65. The molecule has 1 aliphatic heterocycles. The van der Waals surface area contributed by atoms with Crippen LogP contribution >= 0.6 is 7.60 Å². The number of rotatable bonds is 5. The van der Waals surface area contributed by atoms with Crippen molar-refractivity contribution in [1.29, 1.82) is 0 Å². The molecule has 0 saturated carbocycles. The first-order valence-electron chi connectivity index (χ1n) is 5.67. The highest BCUT2D eigenvalue weighted by molar-refractivity contribution is 7.54. The maximum atomic E-state index is 11.7. The van der Waals surface area contributed by atoms with E-state index in [-0.39, 0.29) is 6.10 Å². The molecule has 1 fully saturated rings. The van der Waals surface area contributed by atoms with Gasteiger partial charge in [-0.05, 0) is 12.0 Å². The van der Waals surface area contributed by atoms with Gasteiger partial charge in [-0.2, -0.15) is 0 Å². The zero-order valence-corrected chi connectivity index (χ0v) is 10.8. The predicted octanol–water partition coefficient (Wildman–Crippen LogP) is 2.83. The monoisotopic (exact) mass is 256 g/mol. The average Bonchev–Trinajstić information content (AvgIpc) is 2.74. The number of ether oxygens (including phenoxy) is 1. The smallest absolute Gasteiger partial charge is 0.330 e. The van der Waals surface area contributed by atoms with Gasteiger partial charge in [-0.1, -0.05) is 30.3 Å². The van der Waals surface area contributed by atoms with Crippen molar-refractivity contribution in [2.24, 2.45) is 0 Å². The van der Waals surface area contributed by atoms with Crippen molar-refractivity contribution in [2.75, 3.05) is 19.9 Å². The summed E-state index contributed by atoms with van der Waals surface area (Å²) in [5, 5.41) is 0. The van der Waals surface area contributed by atoms with Gasteiger partial charge in [0.15, 0.2) is 0 Å². The highest BCUT2D eigenvalue weighted by atomic mass is 31.2. The molecular formula is C12H17O4P. The van der Waals surface area contributed by atoms with Gasteiger partial charge in [-0.25, -0.2) is 0 Å². The van der Waals surface area contributed by atoms with E-state index in [9.17, 15) is 4.57 Å². The van der Waals surface area contributed by atoms with E-state index in [4.69, 9.17) is 13.8 Å². The summed E-state index contributed by atoms with van der Waals surface area (Å²) in [6.45, 7) is 1.01. The lowest BCUT2D eigenvalue weighted by Gasteiger charge is -2.12. The number of hydrogen-bond acceptors (Lipinski definition) is 4. The van der Waals surface area contributed by atoms with Crippen molar-refractivity contribution in [1.82, 2.24) is 0 Å². The molecule has 2 atom stereocenters. The lowest BCUT2D eigenvalue weighted by atomic mass is 10.2. The molecule has 0 amide bonds. The van der Waals surface area contributed by atoms with Crippen LogP contribution in [0.4, 0.5) is 0 Å². The normalized spacial score (nSPS) is 28.4. The molecule has 0 bridgehead atoms. The topological polar surface area (TPSA) is 44.8 Å². The molecule has 17 heavy (non-hydrogen) atoms. The Morgan fingerprint density at radius 1 is 1.41 bits per heavy atom. The second-order valence-electron chi connectivity index (χ2n) is 4.03. The Hall–Kier alpha value is -0.670. The Bertz CT molecular complexity index is 393. The molecule has 1 heterocycles. The fourth-order valence-corrected chi connectivity index (χ4v) is 3.36. The van der Waals surface area contributed by atoms with Crippen LogP contribution in [0.25, 0.3) is 0 Å². The molecule has 2 rings (SSSR count). The van der Waals surface area contributed by atoms with E-state index in [1.54, 1.807) is 0 Å². The van der Waals surface area contributed by atoms with Gasteiger partial charge in [0.2, 0.25) is 0 Å². The molecule has 0 aliphatic carbocycles. The summed E-state index contributed by atoms with van der Waals surface area (Å²) >= 11 is 0. The third-order valence-corrected chi connectivity index (χ3v) is 4.71. The van der Waals surface area contributed by atoms with Crippen LogP contribution in [0.15, 0.2) is 30.3 Å². The first kappa shape index (κ1) is 12.8. The summed E-state index contributed by atoms with van der Waals surface area (Å²) in [5.74, 6) is 0. The van der Waals surface area contributed by atoms with E-state index >= 15 is 0 Å². The summed E-state index contributed by atoms with van der Waals surface area (Å²) in [7, 11) is -1.37. The molecule has 5 heteroatoms. The largest absolute Gasteiger partial charge is 0.374 e. The summed E-state index contributed by atoms with van der Waals surface area (Å²) in [6.07, 6.45) is 1.12. The Labute approximate surface area is 101 Å². The van der Waals surface area contributed by atoms with Crippen LogP contribution in [-0.2, 0) is 25.0 Å². The lowest BCUT2D eigenvalue weighted by molar-refractivity contribution is 0.0450. The molecule has 1 saturated heterocycles. The van der Waals surface area contributed by atoms with E-state index in [2.05, 4.69) is 0 Å². The van der Waals surface area contributed by atoms with Gasteiger partial charge in [0.05, 0.1) is 25.5 Å². The Morgan fingerprint density at radius 3 is 2.82 bits per heavy atom. The summed E-state index contributed by atoms with van der Waals surface area (Å²) < 4.78 is 27.5. The highest BCUT2D eigenvalue weighted by Crippen LogP contribution is 2.54. The fourth-order valence-electron chi connectivity index (χ4n) is 1.77. The minimum absolute atomic E-state index is 0.107. The van der Waals surface area contributed by atoms with Crippen molar-refractivity contribution in [3.8, 4) is 0 Å². The van der Waals surface area contributed by atoms with Gasteiger partial charge in [0.1, 0.15) is 0 Å². The van der Waals surface area contributed by atoms with Crippen LogP contribution < -0.4 is 0 Å². The molecule has 0 aromatic heterocycles. The number of benzene rings is 1. The van der Waals surface area contributed by atoms with E-state index in [1.165, 1.54) is 7.11 Å². The van der Waals surface area contributed by atoms with Gasteiger partial charge >= 0.3 is 7.60 Å². The van der Waals surface area contributed by atoms with Gasteiger partial charge in [0, 0.05) is 7.11 Å². The lowest BCUT2D eigenvalue weighted by Crippen LogP contribution is -2.13. The van der Waals surface area contributed by atoms with E-state index in [1.807, 2.05) is 30.3 Å². The zero-order valence-electron chi connectivity index (χ0n) is 9.87. The van der Waals surface area contributed by atoms with Crippen LogP contribution in [-0.4, -0.2) is 26.0 Å². The quantitative estimate of drug-likeness (QED) is 0.760. The van der Waals surface area contributed by atoms with Gasteiger partial charge < -0.3 is 13.8 Å². The van der Waals surface area contributed by atoms with Gasteiger partial charge in [-0.3, -0.25) is 4.57 Å². The van der Waals surface area contributed by atoms with Crippen LogP contribution in [0.1, 0.15) is 12.0 Å². The molecule has 4 nitrogen and oxygen atoms in total. The van der Waals surface area contributed by atoms with Crippen molar-refractivity contribution in [3.05, 3.63) is 35.9 Å². The molecule has 1 aromatic carbocycles. The summed E-state index contributed by atoms with van der Waals surface area (Å²) in [6, 6.07) is 9.94. The molecular weight excluding hydrogens is 239 g/mol. The Kier molecular flexibility index (Phi) is 4.35. The van der Waals surface area contributed by atoms with Crippen molar-refractivity contribution >= 4 is 7.60 Å². The second-order valence-corrected chi connectivity index (χ2v) is 6.28. The van der Waals surface area contributed by atoms with Gasteiger partial charge in [-0.15, -0.1) is 0 Å². The summed E-state index contributed by atoms with van der Waals surface area (Å²) in [4.78, 5) is 0. The first-order valence-corrected chi connectivity index (χ1v) is 7.39. The Morgan fingerprint density at radius 2 is 2.18 bits per heavy atom. The maximum absolute atomic E-state index is 11.7. The molecule has 0 N–H and O–H groups in total. The van der Waals surface area contributed by atoms with E-state index in [0.29, 0.717) is 19.4 Å². The van der Waals surface area contributed by atoms with E-state index in [0.717, 1.165) is 12.0 Å². The molecule has 1 aliphatic rings. The molecule has 94 valence electrons. The third-order valence-electron chi connectivity index (χ3n) is 2.73. The maximum Gasteiger partial charge on any atom is 0.330 e. The highest BCUT2D eigenvalue weighted by Gasteiger charge is 2.35. The number of hydrogen-bond donors (Lipinski definition) is 0. The van der Waals surface area contributed by atoms with Crippen LogP contribution in [0.3, 0.4) is 0 Å². The second kappa shape index (κ2) is 5.78. The molecule has 2 unspecified atom stereocenters. The van der Waals surface area contributed by atoms with Crippen molar-refractivity contribution in [2.45, 2.75) is 19.1 Å². The van der Waals surface area contributed by atoms with Crippen molar-refractivity contribution in [3.63, 3.8) is 0 Å². The Balaban J connectivity index is 1.72. The fraction of sp³-hybridized carbons (Fsp3) is 0.500. The summed E-state index contributed by atoms with van der Waals surface area (Å²) in [5.41, 5.74) is 1.13. The first-order chi connectivity index (χ1) is 8.22. The minimum Gasteiger partial charge on any atom is -0.374 e. The molecule has 0 radical (unpaired) electrons. The minimum atomic E-state index is -2.80. The zero-order chi connectivity index (χ0) is 12.1. The molecule has 1 aromatic rings. The van der Waals surface area contributed by atoms with Crippen LogP contribution in [0.5, 0.6) is 0 Å². The van der Waals surface area contributed by atoms with E-state index < -0.39 is 7.60 Å². The van der Waals surface area contributed by atoms with Crippen molar-refractivity contribution < 1.29 is 18.3 Å². The molecule has 0 spiro atoms. The average molecular weight is 256 g/mol. The van der Waals surface area contributed by atoms with Crippen LogP contribution in [0.2, 0.25) is 0 Å². The predicted molar refractivity (Wildman–Crippen MR) is 65.1 cm³/mol. The standard InChI is InChI=1S/C12H17O4P/c1-14-17(13)8-7-12(16-17)10-15-9-11-5-3-2-4-6-11/h2-6,12H,7-10H2,1H3. The van der Waals surface area contributed by atoms with Crippen LogP contribution in [0, 0.1) is 0 Å². The van der Waals surface area contributed by atoms with Gasteiger partial charge in [0.25, 0.3) is 0 Å².